The van der Waals surface area contributed by atoms with Crippen LogP contribution >= 0.6 is 15.9 Å². The lowest BCUT2D eigenvalue weighted by Gasteiger charge is -2.31. The van der Waals surface area contributed by atoms with Gasteiger partial charge in [0.1, 0.15) is 12.6 Å². The third kappa shape index (κ3) is 8.62. The van der Waals surface area contributed by atoms with Crippen LogP contribution in [0.4, 0.5) is 5.69 Å². The summed E-state index contributed by atoms with van der Waals surface area (Å²) in [5.41, 5.74) is 2.19. The topological polar surface area (TPSA) is 86.8 Å². The molecule has 2 aromatic carbocycles. The molecule has 1 N–H and O–H groups in total. The molecular weight excluding hydrogens is 542 g/mol. The minimum absolute atomic E-state index is 0.0917. The van der Waals surface area contributed by atoms with E-state index in [2.05, 4.69) is 42.0 Å². The van der Waals surface area contributed by atoms with Crippen LogP contribution in [0.1, 0.15) is 58.6 Å². The first-order valence-corrected chi connectivity index (χ1v) is 14.8. The maximum Gasteiger partial charge on any atom is 0.244 e. The fraction of sp³-hybridized carbons (Fsp3) is 0.481. The molecule has 0 aliphatic heterocycles. The Morgan fingerprint density at radius 3 is 2.25 bits per heavy atom. The van der Waals surface area contributed by atoms with Gasteiger partial charge < -0.3 is 10.2 Å². The van der Waals surface area contributed by atoms with Gasteiger partial charge in [0, 0.05) is 17.6 Å². The average molecular weight is 581 g/mol. The van der Waals surface area contributed by atoms with Crippen molar-refractivity contribution in [2.24, 2.45) is 0 Å². The van der Waals surface area contributed by atoms with E-state index >= 15 is 0 Å². The first-order chi connectivity index (χ1) is 16.7. The summed E-state index contributed by atoms with van der Waals surface area (Å²) in [5, 5.41) is 2.88. The van der Waals surface area contributed by atoms with Gasteiger partial charge in [-0.15, -0.1) is 0 Å². The molecule has 36 heavy (non-hydrogen) atoms. The van der Waals surface area contributed by atoms with Crippen LogP contribution in [0, 0.1) is 0 Å². The van der Waals surface area contributed by atoms with E-state index in [0.717, 1.165) is 39.0 Å². The van der Waals surface area contributed by atoms with Crippen molar-refractivity contribution in [3.05, 3.63) is 64.1 Å². The molecule has 198 valence electrons. The molecule has 0 radical (unpaired) electrons. The Kier molecular flexibility index (Phi) is 10.5. The summed E-state index contributed by atoms with van der Waals surface area (Å²) < 4.78 is 27.4. The number of unbranched alkanes of at least 4 members (excludes halogenated alkanes) is 1. The van der Waals surface area contributed by atoms with Crippen LogP contribution < -0.4 is 9.62 Å². The molecule has 2 rings (SSSR count). The highest BCUT2D eigenvalue weighted by atomic mass is 79.9. The van der Waals surface area contributed by atoms with Crippen molar-refractivity contribution in [3.63, 3.8) is 0 Å². The molecule has 0 heterocycles. The van der Waals surface area contributed by atoms with Crippen molar-refractivity contribution < 1.29 is 18.0 Å². The van der Waals surface area contributed by atoms with Gasteiger partial charge in [0.2, 0.25) is 21.8 Å². The molecule has 1 atom stereocenters. The van der Waals surface area contributed by atoms with Crippen LogP contribution in [-0.4, -0.2) is 50.5 Å². The van der Waals surface area contributed by atoms with Crippen LogP contribution in [0.5, 0.6) is 0 Å². The summed E-state index contributed by atoms with van der Waals surface area (Å²) in [6.07, 6.45) is 2.86. The molecule has 0 aromatic heterocycles. The summed E-state index contributed by atoms with van der Waals surface area (Å²) in [5.74, 6) is -0.731. The average Bonchev–Trinajstić information content (AvgIpc) is 2.79. The predicted octanol–water partition coefficient (Wildman–Crippen LogP) is 4.85. The smallest absolute Gasteiger partial charge is 0.244 e. The molecular formula is C27H38BrN3O4S. The Hall–Kier alpha value is -2.39. The zero-order valence-corrected chi connectivity index (χ0v) is 24.4. The number of hydrogen-bond donors (Lipinski definition) is 1. The molecule has 7 nitrogen and oxygen atoms in total. The SMILES string of the molecule is CCCCNC(=O)C(C)N(Cc1cccc(Br)c1)C(=O)CN(c1ccc(C(C)(C)C)cc1)S(C)(=O)=O. The highest BCUT2D eigenvalue weighted by Crippen LogP contribution is 2.26. The fourth-order valence-corrected chi connectivity index (χ4v) is 4.99. The summed E-state index contributed by atoms with van der Waals surface area (Å²) >= 11 is 3.44. The van der Waals surface area contributed by atoms with Crippen molar-refractivity contribution in [2.75, 3.05) is 23.7 Å². The Balaban J connectivity index is 2.36. The van der Waals surface area contributed by atoms with Crippen LogP contribution in [0.25, 0.3) is 0 Å². The highest BCUT2D eigenvalue weighted by Gasteiger charge is 2.30. The van der Waals surface area contributed by atoms with Crippen LogP contribution in [0.2, 0.25) is 0 Å². The summed E-state index contributed by atoms with van der Waals surface area (Å²) in [6, 6.07) is 13.9. The first kappa shape index (κ1) is 29.8. The molecule has 0 bridgehead atoms. The van der Waals surface area contributed by atoms with Crippen molar-refractivity contribution in [1.29, 1.82) is 0 Å². The number of benzene rings is 2. The molecule has 0 aliphatic carbocycles. The monoisotopic (exact) mass is 579 g/mol. The van der Waals surface area contributed by atoms with Crippen LogP contribution in [0.3, 0.4) is 0 Å². The van der Waals surface area contributed by atoms with Gasteiger partial charge in [0.25, 0.3) is 0 Å². The fourth-order valence-electron chi connectivity index (χ4n) is 3.69. The second-order valence-electron chi connectivity index (χ2n) is 10.0. The number of amides is 2. The molecule has 2 aromatic rings. The molecule has 2 amide bonds. The van der Waals surface area contributed by atoms with E-state index in [9.17, 15) is 18.0 Å². The number of rotatable bonds is 11. The van der Waals surface area contributed by atoms with Gasteiger partial charge in [-0.05, 0) is 54.2 Å². The van der Waals surface area contributed by atoms with E-state index in [1.807, 2.05) is 43.3 Å². The maximum absolute atomic E-state index is 13.6. The second-order valence-corrected chi connectivity index (χ2v) is 12.9. The predicted molar refractivity (Wildman–Crippen MR) is 149 cm³/mol. The number of carbonyl (C=O) groups is 2. The standard InChI is InChI=1S/C27H38BrN3O4S/c1-7-8-16-29-26(33)20(2)30(18-21-10-9-11-23(28)17-21)25(32)19-31(36(6,34)35)24-14-12-22(13-15-24)27(3,4)5/h9-15,17,20H,7-8,16,18-19H2,1-6H3,(H,29,33). The van der Waals surface area contributed by atoms with E-state index in [0.29, 0.717) is 12.2 Å². The van der Waals surface area contributed by atoms with E-state index < -0.39 is 28.5 Å². The molecule has 1 unspecified atom stereocenters. The van der Waals surface area contributed by atoms with Gasteiger partial charge in [-0.1, -0.05) is 74.3 Å². The Morgan fingerprint density at radius 2 is 1.72 bits per heavy atom. The van der Waals surface area contributed by atoms with Gasteiger partial charge >= 0.3 is 0 Å². The lowest BCUT2D eigenvalue weighted by Crippen LogP contribution is -2.51. The number of hydrogen-bond acceptors (Lipinski definition) is 4. The molecule has 0 saturated carbocycles. The van der Waals surface area contributed by atoms with Gasteiger partial charge in [-0.3, -0.25) is 13.9 Å². The molecule has 9 heteroatoms. The van der Waals surface area contributed by atoms with Crippen LogP contribution in [0.15, 0.2) is 53.0 Å². The minimum atomic E-state index is -3.76. The number of sulfonamides is 1. The summed E-state index contributed by atoms with van der Waals surface area (Å²) in [6.45, 7) is 10.2. The number of carbonyl (C=O) groups excluding carboxylic acids is 2. The van der Waals surface area contributed by atoms with Crippen LogP contribution in [-0.2, 0) is 31.6 Å². The summed E-state index contributed by atoms with van der Waals surface area (Å²) in [4.78, 5) is 27.9. The van der Waals surface area contributed by atoms with Gasteiger partial charge in [0.05, 0.1) is 11.9 Å². The normalized spacial score (nSPS) is 12.6. The zero-order valence-electron chi connectivity index (χ0n) is 22.0. The third-order valence-corrected chi connectivity index (χ3v) is 7.57. The van der Waals surface area contributed by atoms with Crippen molar-refractivity contribution in [1.82, 2.24) is 10.2 Å². The van der Waals surface area contributed by atoms with E-state index in [1.54, 1.807) is 19.1 Å². The van der Waals surface area contributed by atoms with Crippen molar-refractivity contribution in [3.8, 4) is 0 Å². The molecule has 0 aliphatic rings. The molecule has 0 saturated heterocycles. The Morgan fingerprint density at radius 1 is 1.08 bits per heavy atom. The number of anilines is 1. The largest absolute Gasteiger partial charge is 0.354 e. The second kappa shape index (κ2) is 12.7. The van der Waals surface area contributed by atoms with E-state index in [1.165, 1.54) is 4.90 Å². The number of nitrogens with zero attached hydrogens (tertiary/aromatic N) is 2. The Labute approximate surface area is 224 Å². The first-order valence-electron chi connectivity index (χ1n) is 12.1. The number of nitrogens with one attached hydrogen (secondary N) is 1. The minimum Gasteiger partial charge on any atom is -0.354 e. The lowest BCUT2D eigenvalue weighted by atomic mass is 9.87. The van der Waals surface area contributed by atoms with Gasteiger partial charge in [-0.2, -0.15) is 0 Å². The molecule has 0 spiro atoms. The number of halogens is 1. The Bertz CT molecular complexity index is 1140. The van der Waals surface area contributed by atoms with E-state index in [4.69, 9.17) is 0 Å². The van der Waals surface area contributed by atoms with Gasteiger partial charge in [0.15, 0.2) is 0 Å². The van der Waals surface area contributed by atoms with Crippen molar-refractivity contribution in [2.45, 2.75) is 65.5 Å². The van der Waals surface area contributed by atoms with E-state index in [-0.39, 0.29) is 17.9 Å². The lowest BCUT2D eigenvalue weighted by molar-refractivity contribution is -0.139. The zero-order chi connectivity index (χ0) is 27.1. The summed E-state index contributed by atoms with van der Waals surface area (Å²) in [7, 11) is -3.76. The quantitative estimate of drug-likeness (QED) is 0.386. The highest BCUT2D eigenvalue weighted by molar-refractivity contribution is 9.10. The molecule has 0 fully saturated rings. The van der Waals surface area contributed by atoms with Crippen molar-refractivity contribution >= 4 is 43.5 Å². The maximum atomic E-state index is 13.6. The van der Waals surface area contributed by atoms with Gasteiger partial charge in [-0.25, -0.2) is 8.42 Å². The third-order valence-electron chi connectivity index (χ3n) is 5.94.